The Labute approximate surface area is 163 Å². The van der Waals surface area contributed by atoms with Gasteiger partial charge in [0.15, 0.2) is 0 Å². The minimum absolute atomic E-state index is 0. The number of hydrogen-bond donors (Lipinski definition) is 2. The highest BCUT2D eigenvalue weighted by Crippen LogP contribution is 2.26. The van der Waals surface area contributed by atoms with Crippen molar-refractivity contribution in [3.8, 4) is 0 Å². The molecule has 0 aliphatic carbocycles. The first-order valence-corrected chi connectivity index (χ1v) is 9.08. The smallest absolute Gasteiger partial charge is 0.247 e. The Morgan fingerprint density at radius 2 is 1.72 bits per heavy atom. The van der Waals surface area contributed by atoms with Gasteiger partial charge in [0.1, 0.15) is 6.04 Å². The molecule has 2 N–H and O–H groups in total. The molecule has 2 aliphatic rings. The molecule has 1 unspecified atom stereocenters. The first-order chi connectivity index (χ1) is 11.5. The fraction of sp³-hybridized carbons (Fsp3) is 0.529. The van der Waals surface area contributed by atoms with Crippen LogP contribution in [0.15, 0.2) is 18.2 Å². The van der Waals surface area contributed by atoms with E-state index in [1.807, 2.05) is 0 Å². The molecule has 2 heterocycles. The third kappa shape index (κ3) is 5.00. The number of carbonyl (C=O) groups excluding carboxylic acids is 2. The quantitative estimate of drug-likeness (QED) is 0.809. The summed E-state index contributed by atoms with van der Waals surface area (Å²) in [5, 5.41) is 7.03. The molecular formula is C17H22Cl3N3O2. The molecule has 2 amide bonds. The Morgan fingerprint density at radius 3 is 2.36 bits per heavy atom. The van der Waals surface area contributed by atoms with Gasteiger partial charge in [-0.25, -0.2) is 0 Å². The van der Waals surface area contributed by atoms with Crippen LogP contribution in [0.1, 0.15) is 25.7 Å². The van der Waals surface area contributed by atoms with Crippen molar-refractivity contribution in [1.82, 2.24) is 10.2 Å². The van der Waals surface area contributed by atoms with E-state index in [0.717, 1.165) is 32.4 Å². The molecule has 2 fully saturated rings. The molecule has 8 heteroatoms. The van der Waals surface area contributed by atoms with Gasteiger partial charge in [-0.2, -0.15) is 0 Å². The summed E-state index contributed by atoms with van der Waals surface area (Å²) in [4.78, 5) is 27.1. The number of piperidine rings is 1. The van der Waals surface area contributed by atoms with Gasteiger partial charge in [-0.1, -0.05) is 23.2 Å². The maximum atomic E-state index is 12.8. The van der Waals surface area contributed by atoms with Crippen LogP contribution in [0.3, 0.4) is 0 Å². The molecule has 5 nitrogen and oxygen atoms in total. The molecule has 2 aliphatic heterocycles. The van der Waals surface area contributed by atoms with Crippen molar-refractivity contribution >= 4 is 53.1 Å². The van der Waals surface area contributed by atoms with E-state index >= 15 is 0 Å². The van der Waals surface area contributed by atoms with E-state index < -0.39 is 6.04 Å². The maximum Gasteiger partial charge on any atom is 0.247 e. The van der Waals surface area contributed by atoms with Gasteiger partial charge in [0.25, 0.3) is 0 Å². The number of rotatable bonds is 3. The molecule has 3 rings (SSSR count). The summed E-state index contributed by atoms with van der Waals surface area (Å²) in [6.45, 7) is 2.38. The molecule has 1 aromatic rings. The number of hydrogen-bond acceptors (Lipinski definition) is 3. The molecule has 0 spiro atoms. The highest BCUT2D eigenvalue weighted by atomic mass is 35.5. The number of amides is 2. The van der Waals surface area contributed by atoms with E-state index in [4.69, 9.17) is 23.2 Å². The second-order valence-corrected chi connectivity index (χ2v) is 7.23. The largest absolute Gasteiger partial charge is 0.330 e. The lowest BCUT2D eigenvalue weighted by atomic mass is 9.96. The second-order valence-electron chi connectivity index (χ2n) is 6.36. The summed E-state index contributed by atoms with van der Waals surface area (Å²) in [5.74, 6) is -0.0355. The Bertz CT molecular complexity index is 615. The fourth-order valence-electron chi connectivity index (χ4n) is 3.46. The molecule has 2 saturated heterocycles. The average Bonchev–Trinajstić information content (AvgIpc) is 3.03. The van der Waals surface area contributed by atoms with Crippen molar-refractivity contribution in [3.63, 3.8) is 0 Å². The van der Waals surface area contributed by atoms with E-state index in [0.29, 0.717) is 28.7 Å². The minimum Gasteiger partial charge on any atom is -0.330 e. The Morgan fingerprint density at radius 1 is 1.08 bits per heavy atom. The first-order valence-electron chi connectivity index (χ1n) is 8.33. The molecule has 0 bridgehead atoms. The van der Waals surface area contributed by atoms with Crippen LogP contribution in [0, 0.1) is 5.92 Å². The zero-order valence-electron chi connectivity index (χ0n) is 13.8. The third-order valence-electron chi connectivity index (χ3n) is 4.66. The maximum absolute atomic E-state index is 12.8. The van der Waals surface area contributed by atoms with E-state index in [9.17, 15) is 9.59 Å². The van der Waals surface area contributed by atoms with Crippen molar-refractivity contribution in [2.24, 2.45) is 5.92 Å². The molecule has 0 aromatic heterocycles. The Hall–Kier alpha value is -1.01. The van der Waals surface area contributed by atoms with Gasteiger partial charge in [0.2, 0.25) is 11.8 Å². The normalized spacial score (nSPS) is 20.9. The summed E-state index contributed by atoms with van der Waals surface area (Å²) in [6.07, 6.45) is 3.23. The number of carbonyl (C=O) groups is 2. The highest BCUT2D eigenvalue weighted by molar-refractivity contribution is 6.35. The average molecular weight is 407 g/mol. The molecule has 1 atom stereocenters. The SMILES string of the molecule is Cl.O=C(Nc1cc(Cl)cc(Cl)c1)C1CCCN1C(=O)C1CCNCC1. The van der Waals surface area contributed by atoms with Gasteiger partial charge in [0.05, 0.1) is 0 Å². The van der Waals surface area contributed by atoms with E-state index in [1.54, 1.807) is 23.1 Å². The van der Waals surface area contributed by atoms with Gasteiger partial charge in [-0.15, -0.1) is 12.4 Å². The number of anilines is 1. The van der Waals surface area contributed by atoms with Crippen LogP contribution >= 0.6 is 35.6 Å². The summed E-state index contributed by atoms with van der Waals surface area (Å²) < 4.78 is 0. The van der Waals surface area contributed by atoms with Gasteiger partial charge >= 0.3 is 0 Å². The molecule has 138 valence electrons. The zero-order valence-corrected chi connectivity index (χ0v) is 16.1. The summed E-state index contributed by atoms with van der Waals surface area (Å²) >= 11 is 11.9. The molecule has 25 heavy (non-hydrogen) atoms. The number of nitrogens with one attached hydrogen (secondary N) is 2. The van der Waals surface area contributed by atoms with Crippen LogP contribution < -0.4 is 10.6 Å². The monoisotopic (exact) mass is 405 g/mol. The summed E-state index contributed by atoms with van der Waals surface area (Å²) in [6, 6.07) is 4.50. The minimum atomic E-state index is -0.412. The van der Waals surface area contributed by atoms with E-state index in [2.05, 4.69) is 10.6 Å². The topological polar surface area (TPSA) is 61.4 Å². The highest BCUT2D eigenvalue weighted by Gasteiger charge is 2.37. The van der Waals surface area contributed by atoms with Crippen LogP contribution in [0.4, 0.5) is 5.69 Å². The number of halogens is 3. The van der Waals surface area contributed by atoms with E-state index in [-0.39, 0.29) is 30.1 Å². The predicted molar refractivity (Wildman–Crippen MR) is 103 cm³/mol. The van der Waals surface area contributed by atoms with Gasteiger partial charge in [0, 0.05) is 28.2 Å². The first kappa shape index (κ1) is 20.3. The molecule has 1 aromatic carbocycles. The predicted octanol–water partition coefficient (Wildman–Crippen LogP) is 3.34. The fourth-order valence-corrected chi connectivity index (χ4v) is 3.98. The van der Waals surface area contributed by atoms with Crippen LogP contribution in [0.25, 0.3) is 0 Å². The van der Waals surface area contributed by atoms with Crippen LogP contribution in [-0.2, 0) is 9.59 Å². The number of likely N-dealkylation sites (tertiary alicyclic amines) is 1. The molecule has 0 saturated carbocycles. The van der Waals surface area contributed by atoms with Crippen molar-refractivity contribution < 1.29 is 9.59 Å². The number of benzene rings is 1. The van der Waals surface area contributed by atoms with Crippen molar-refractivity contribution in [2.45, 2.75) is 31.7 Å². The van der Waals surface area contributed by atoms with Gasteiger partial charge in [-0.3, -0.25) is 9.59 Å². The Balaban J connectivity index is 0.00000225. The lowest BCUT2D eigenvalue weighted by Crippen LogP contribution is -2.47. The lowest BCUT2D eigenvalue weighted by Gasteiger charge is -2.30. The van der Waals surface area contributed by atoms with Crippen molar-refractivity contribution in [1.29, 1.82) is 0 Å². The van der Waals surface area contributed by atoms with Crippen LogP contribution in [0.2, 0.25) is 10.0 Å². The molecular weight excluding hydrogens is 385 g/mol. The Kier molecular flexibility index (Phi) is 7.37. The van der Waals surface area contributed by atoms with Crippen LogP contribution in [0.5, 0.6) is 0 Å². The third-order valence-corrected chi connectivity index (χ3v) is 5.09. The van der Waals surface area contributed by atoms with Gasteiger partial charge in [-0.05, 0) is 57.0 Å². The summed E-state index contributed by atoms with van der Waals surface area (Å²) in [7, 11) is 0. The summed E-state index contributed by atoms with van der Waals surface area (Å²) in [5.41, 5.74) is 0.554. The van der Waals surface area contributed by atoms with Gasteiger partial charge < -0.3 is 15.5 Å². The van der Waals surface area contributed by atoms with E-state index in [1.165, 1.54) is 0 Å². The lowest BCUT2D eigenvalue weighted by molar-refractivity contribution is -0.140. The second kappa shape index (κ2) is 9.08. The van der Waals surface area contributed by atoms with Crippen molar-refractivity contribution in [3.05, 3.63) is 28.2 Å². The standard InChI is InChI=1S/C17H21Cl2N3O2.ClH/c18-12-8-13(19)10-14(9-12)21-16(23)15-2-1-7-22(15)17(24)11-3-5-20-6-4-11;/h8-11,15,20H,1-7H2,(H,21,23);1H. The molecule has 0 radical (unpaired) electrons. The van der Waals surface area contributed by atoms with Crippen molar-refractivity contribution in [2.75, 3.05) is 25.0 Å². The number of nitrogens with zero attached hydrogens (tertiary/aromatic N) is 1. The van der Waals surface area contributed by atoms with Crippen LogP contribution in [-0.4, -0.2) is 42.4 Å². The zero-order chi connectivity index (χ0) is 17.1.